The molecular weight excluding hydrogens is 516 g/mol. The van der Waals surface area contributed by atoms with Crippen LogP contribution in [0.25, 0.3) is 16.9 Å². The molecule has 4 rings (SSSR count). The Balaban J connectivity index is 1.87. The van der Waals surface area contributed by atoms with Crippen LogP contribution < -0.4 is 5.32 Å². The highest BCUT2D eigenvalue weighted by Crippen LogP contribution is 2.34. The molecule has 178 valence electrons. The molecule has 0 aliphatic carbocycles. The van der Waals surface area contributed by atoms with Gasteiger partial charge in [-0.15, -0.1) is 0 Å². The first-order valence-corrected chi connectivity index (χ1v) is 11.4. The van der Waals surface area contributed by atoms with Gasteiger partial charge >= 0.3 is 5.97 Å². The van der Waals surface area contributed by atoms with Gasteiger partial charge in [0.15, 0.2) is 5.69 Å². The van der Waals surface area contributed by atoms with Crippen molar-refractivity contribution >= 4 is 46.7 Å². The van der Waals surface area contributed by atoms with Gasteiger partial charge in [-0.1, -0.05) is 65.1 Å². The molecule has 0 radical (unpaired) electrons. The maximum atomic E-state index is 14.0. The molecule has 1 amide bonds. The van der Waals surface area contributed by atoms with Crippen LogP contribution in [0, 0.1) is 5.82 Å². The molecule has 0 bridgehead atoms. The first kappa shape index (κ1) is 24.7. The molecule has 2 N–H and O–H groups in total. The van der Waals surface area contributed by atoms with E-state index in [-0.39, 0.29) is 28.4 Å². The van der Waals surface area contributed by atoms with Gasteiger partial charge in [0.1, 0.15) is 5.82 Å². The predicted octanol–water partition coefficient (Wildman–Crippen LogP) is 6.20. The molecule has 0 aliphatic heterocycles. The summed E-state index contributed by atoms with van der Waals surface area (Å²) < 4.78 is 15.4. The molecule has 0 saturated carbocycles. The number of carboxylic acids is 1. The van der Waals surface area contributed by atoms with Crippen LogP contribution in [0.1, 0.15) is 21.6 Å². The summed E-state index contributed by atoms with van der Waals surface area (Å²) in [7, 11) is 0. The van der Waals surface area contributed by atoms with Crippen LogP contribution >= 0.6 is 34.8 Å². The number of amides is 1. The standard InChI is InChI=1S/C25H17Cl3FN3O3/c26-16-7-5-14(6-8-16)24-18(12-22(33)34)23(25(35)30-13-15-3-1-2-4-20(15)29)31-32(24)21-10-9-17(27)11-19(21)28/h1-11H,12-13H2,(H,30,35)(H,33,34). The largest absolute Gasteiger partial charge is 0.481 e. The second-order valence-corrected chi connectivity index (χ2v) is 8.81. The second-order valence-electron chi connectivity index (χ2n) is 7.53. The van der Waals surface area contributed by atoms with Gasteiger partial charge in [-0.25, -0.2) is 9.07 Å². The number of nitrogens with zero attached hydrogens (tertiary/aromatic N) is 2. The number of aromatic nitrogens is 2. The molecule has 1 heterocycles. The highest BCUT2D eigenvalue weighted by Gasteiger charge is 2.27. The van der Waals surface area contributed by atoms with Gasteiger partial charge in [0, 0.05) is 33.3 Å². The molecule has 3 aromatic carbocycles. The minimum absolute atomic E-state index is 0.108. The molecule has 0 atom stereocenters. The summed E-state index contributed by atoms with van der Waals surface area (Å²) in [5, 5.41) is 17.8. The van der Waals surface area contributed by atoms with Crippen LogP contribution in [-0.2, 0) is 17.8 Å². The first-order valence-electron chi connectivity index (χ1n) is 10.3. The Hall–Kier alpha value is -3.39. The topological polar surface area (TPSA) is 84.2 Å². The van der Waals surface area contributed by atoms with E-state index in [1.807, 2.05) is 0 Å². The molecule has 0 saturated heterocycles. The van der Waals surface area contributed by atoms with Gasteiger partial charge in [0.2, 0.25) is 0 Å². The zero-order valence-electron chi connectivity index (χ0n) is 17.9. The van der Waals surface area contributed by atoms with E-state index in [2.05, 4.69) is 10.4 Å². The third-order valence-corrected chi connectivity index (χ3v) is 5.97. The van der Waals surface area contributed by atoms with Crippen molar-refractivity contribution < 1.29 is 19.1 Å². The van der Waals surface area contributed by atoms with E-state index in [0.717, 1.165) is 0 Å². The van der Waals surface area contributed by atoms with Gasteiger partial charge in [0.05, 0.1) is 22.8 Å². The number of nitrogens with one attached hydrogen (secondary N) is 1. The summed E-state index contributed by atoms with van der Waals surface area (Å²) in [6.07, 6.45) is -0.494. The number of aliphatic carboxylic acids is 1. The number of benzene rings is 3. The zero-order chi connectivity index (χ0) is 25.1. The smallest absolute Gasteiger partial charge is 0.307 e. The van der Waals surface area contributed by atoms with E-state index in [1.54, 1.807) is 54.6 Å². The van der Waals surface area contributed by atoms with Gasteiger partial charge in [0.25, 0.3) is 5.91 Å². The number of hydrogen-bond donors (Lipinski definition) is 2. The lowest BCUT2D eigenvalue weighted by molar-refractivity contribution is -0.136. The third kappa shape index (κ3) is 5.48. The van der Waals surface area contributed by atoms with Crippen molar-refractivity contribution in [3.63, 3.8) is 0 Å². The number of rotatable bonds is 7. The normalized spacial score (nSPS) is 10.9. The summed E-state index contributed by atoms with van der Waals surface area (Å²) in [4.78, 5) is 25.0. The van der Waals surface area contributed by atoms with Crippen LogP contribution in [0.4, 0.5) is 4.39 Å². The van der Waals surface area contributed by atoms with Crippen LogP contribution in [0.5, 0.6) is 0 Å². The lowest BCUT2D eigenvalue weighted by atomic mass is 10.0. The van der Waals surface area contributed by atoms with E-state index >= 15 is 0 Å². The minimum atomic E-state index is -1.16. The molecule has 4 aromatic rings. The Morgan fingerprint density at radius 1 is 0.971 bits per heavy atom. The molecule has 0 spiro atoms. The summed E-state index contributed by atoms with van der Waals surface area (Å²) in [5.74, 6) is -2.30. The van der Waals surface area contributed by atoms with Crippen LogP contribution in [0.2, 0.25) is 15.1 Å². The number of carbonyl (C=O) groups excluding carboxylic acids is 1. The van der Waals surface area contributed by atoms with Crippen molar-refractivity contribution in [2.75, 3.05) is 0 Å². The lowest BCUT2D eigenvalue weighted by Crippen LogP contribution is -2.25. The van der Waals surface area contributed by atoms with E-state index in [4.69, 9.17) is 34.8 Å². The van der Waals surface area contributed by atoms with E-state index in [0.29, 0.717) is 27.0 Å². The van der Waals surface area contributed by atoms with Crippen molar-refractivity contribution in [1.82, 2.24) is 15.1 Å². The summed E-state index contributed by atoms with van der Waals surface area (Å²) >= 11 is 18.5. The Kier molecular flexibility index (Phi) is 7.40. The molecule has 0 aliphatic rings. The molecule has 1 aromatic heterocycles. The molecule has 35 heavy (non-hydrogen) atoms. The van der Waals surface area contributed by atoms with E-state index in [9.17, 15) is 19.1 Å². The van der Waals surface area contributed by atoms with Crippen molar-refractivity contribution in [2.45, 2.75) is 13.0 Å². The van der Waals surface area contributed by atoms with Crippen molar-refractivity contribution in [3.8, 4) is 16.9 Å². The quantitative estimate of drug-likeness (QED) is 0.297. The second kappa shape index (κ2) is 10.5. The van der Waals surface area contributed by atoms with Crippen LogP contribution in [-0.4, -0.2) is 26.8 Å². The third-order valence-electron chi connectivity index (χ3n) is 5.18. The number of carboxylic acid groups (broad SMARTS) is 1. The maximum Gasteiger partial charge on any atom is 0.307 e. The Bertz CT molecular complexity index is 1420. The molecule has 0 unspecified atom stereocenters. The molecule has 0 fully saturated rings. The van der Waals surface area contributed by atoms with Crippen molar-refractivity contribution in [3.05, 3.63) is 104 Å². The molecule has 10 heteroatoms. The van der Waals surface area contributed by atoms with Crippen LogP contribution in [0.15, 0.2) is 66.7 Å². The first-order chi connectivity index (χ1) is 16.7. The average Bonchev–Trinajstić information content (AvgIpc) is 3.17. The SMILES string of the molecule is O=C(O)Cc1c(C(=O)NCc2ccccc2F)nn(-c2ccc(Cl)cc2Cl)c1-c1ccc(Cl)cc1. The number of carbonyl (C=O) groups is 2. The van der Waals surface area contributed by atoms with E-state index < -0.39 is 24.1 Å². The summed E-state index contributed by atoms with van der Waals surface area (Å²) in [6, 6.07) is 17.4. The highest BCUT2D eigenvalue weighted by atomic mass is 35.5. The fourth-order valence-electron chi connectivity index (χ4n) is 3.58. The maximum absolute atomic E-state index is 14.0. The average molecular weight is 533 g/mol. The summed E-state index contributed by atoms with van der Waals surface area (Å²) in [6.45, 7) is -0.108. The monoisotopic (exact) mass is 531 g/mol. The highest BCUT2D eigenvalue weighted by molar-refractivity contribution is 6.35. The molecular formula is C25H17Cl3FN3O3. The fourth-order valence-corrected chi connectivity index (χ4v) is 4.20. The van der Waals surface area contributed by atoms with Crippen molar-refractivity contribution in [2.24, 2.45) is 0 Å². The fraction of sp³-hybridized carbons (Fsp3) is 0.0800. The predicted molar refractivity (Wildman–Crippen MR) is 133 cm³/mol. The minimum Gasteiger partial charge on any atom is -0.481 e. The van der Waals surface area contributed by atoms with Gasteiger partial charge < -0.3 is 10.4 Å². The Labute approximate surface area is 214 Å². The van der Waals surface area contributed by atoms with E-state index in [1.165, 1.54) is 16.8 Å². The Morgan fingerprint density at radius 3 is 2.31 bits per heavy atom. The van der Waals surface area contributed by atoms with Gasteiger partial charge in [-0.05, 0) is 36.4 Å². The Morgan fingerprint density at radius 2 is 1.66 bits per heavy atom. The van der Waals surface area contributed by atoms with Crippen molar-refractivity contribution in [1.29, 1.82) is 0 Å². The van der Waals surface area contributed by atoms with Gasteiger partial charge in [-0.3, -0.25) is 9.59 Å². The zero-order valence-corrected chi connectivity index (χ0v) is 20.2. The number of hydrogen-bond acceptors (Lipinski definition) is 3. The van der Waals surface area contributed by atoms with Gasteiger partial charge in [-0.2, -0.15) is 5.10 Å². The molecule has 6 nitrogen and oxygen atoms in total. The van der Waals surface area contributed by atoms with Crippen LogP contribution in [0.3, 0.4) is 0 Å². The lowest BCUT2D eigenvalue weighted by Gasteiger charge is -2.11. The number of halogens is 4. The summed E-state index contributed by atoms with van der Waals surface area (Å²) in [5.41, 5.74) is 1.62.